The molecule has 2 heterocycles. The zero-order valence-electron chi connectivity index (χ0n) is 10.1. The number of likely N-dealkylation sites (tertiary alicyclic amines) is 1. The van der Waals surface area contributed by atoms with Crippen LogP contribution in [0.2, 0.25) is 0 Å². The van der Waals surface area contributed by atoms with E-state index in [2.05, 4.69) is 0 Å². The number of carboxylic acid groups (broad SMARTS) is 1. The van der Waals surface area contributed by atoms with Crippen LogP contribution in [0.25, 0.3) is 6.08 Å². The molecule has 0 unspecified atom stereocenters. The lowest BCUT2D eigenvalue weighted by Gasteiger charge is -2.12. The standard InChI is InChI=1S/C13H15NO3S/c1-9-7-14(8-11(9)13(16)17)12(15)5-4-10-3-2-6-18-10/h2-6,9,11H,7-8H2,1H3,(H,16,17)/b5-4+/t9-,11-/m1/s1. The molecule has 0 radical (unpaired) electrons. The van der Waals surface area contributed by atoms with Gasteiger partial charge in [-0.05, 0) is 23.4 Å². The van der Waals surface area contributed by atoms with E-state index in [0.717, 1.165) is 4.88 Å². The zero-order chi connectivity index (χ0) is 13.1. The third kappa shape index (κ3) is 2.79. The smallest absolute Gasteiger partial charge is 0.308 e. The number of thiophene rings is 1. The molecule has 1 aliphatic rings. The van der Waals surface area contributed by atoms with Gasteiger partial charge in [0.05, 0.1) is 5.92 Å². The first-order valence-corrected chi connectivity index (χ1v) is 6.69. The van der Waals surface area contributed by atoms with Crippen LogP contribution >= 0.6 is 11.3 Å². The van der Waals surface area contributed by atoms with Crippen molar-refractivity contribution in [2.45, 2.75) is 6.92 Å². The third-order valence-corrected chi connectivity index (χ3v) is 4.01. The summed E-state index contributed by atoms with van der Waals surface area (Å²) in [7, 11) is 0. The highest BCUT2D eigenvalue weighted by molar-refractivity contribution is 7.10. The maximum Gasteiger partial charge on any atom is 0.308 e. The number of hydrogen-bond acceptors (Lipinski definition) is 3. The van der Waals surface area contributed by atoms with E-state index < -0.39 is 11.9 Å². The molecule has 1 saturated heterocycles. The second-order valence-electron chi connectivity index (χ2n) is 4.51. The quantitative estimate of drug-likeness (QED) is 0.850. The molecule has 1 aromatic rings. The lowest BCUT2D eigenvalue weighted by Crippen LogP contribution is -2.28. The van der Waals surface area contributed by atoms with Crippen LogP contribution in [-0.2, 0) is 9.59 Å². The Labute approximate surface area is 110 Å². The van der Waals surface area contributed by atoms with Crippen LogP contribution in [0, 0.1) is 11.8 Å². The molecular weight excluding hydrogens is 250 g/mol. The predicted octanol–water partition coefficient (Wildman–Crippen LogP) is 1.94. The first kappa shape index (κ1) is 12.8. The van der Waals surface area contributed by atoms with Gasteiger partial charge in [-0.2, -0.15) is 0 Å². The molecule has 0 aromatic carbocycles. The lowest BCUT2D eigenvalue weighted by atomic mass is 9.99. The summed E-state index contributed by atoms with van der Waals surface area (Å²) in [5.74, 6) is -1.36. The Morgan fingerprint density at radius 3 is 2.83 bits per heavy atom. The molecule has 4 nitrogen and oxygen atoms in total. The summed E-state index contributed by atoms with van der Waals surface area (Å²) in [6.07, 6.45) is 3.29. The topological polar surface area (TPSA) is 57.6 Å². The molecule has 2 atom stereocenters. The summed E-state index contributed by atoms with van der Waals surface area (Å²) < 4.78 is 0. The molecule has 1 amide bonds. The van der Waals surface area contributed by atoms with Gasteiger partial charge in [-0.25, -0.2) is 0 Å². The Bertz CT molecular complexity index is 467. The molecule has 5 heteroatoms. The monoisotopic (exact) mass is 265 g/mol. The summed E-state index contributed by atoms with van der Waals surface area (Å²) >= 11 is 1.56. The number of hydrogen-bond donors (Lipinski definition) is 1. The van der Waals surface area contributed by atoms with Crippen LogP contribution < -0.4 is 0 Å². The molecule has 0 bridgehead atoms. The van der Waals surface area contributed by atoms with Gasteiger partial charge in [-0.3, -0.25) is 9.59 Å². The van der Waals surface area contributed by atoms with E-state index >= 15 is 0 Å². The Kier molecular flexibility index (Phi) is 3.81. The molecule has 1 fully saturated rings. The van der Waals surface area contributed by atoms with Crippen molar-refractivity contribution in [2.24, 2.45) is 11.8 Å². The number of carbonyl (C=O) groups excluding carboxylic acids is 1. The fourth-order valence-corrected chi connectivity index (χ4v) is 2.73. The van der Waals surface area contributed by atoms with Crippen molar-refractivity contribution < 1.29 is 14.7 Å². The van der Waals surface area contributed by atoms with E-state index in [9.17, 15) is 9.59 Å². The lowest BCUT2D eigenvalue weighted by molar-refractivity contribution is -0.142. The highest BCUT2D eigenvalue weighted by Gasteiger charge is 2.36. The molecule has 1 aromatic heterocycles. The number of carboxylic acids is 1. The average molecular weight is 265 g/mol. The van der Waals surface area contributed by atoms with Crippen LogP contribution in [0.3, 0.4) is 0 Å². The second kappa shape index (κ2) is 5.35. The summed E-state index contributed by atoms with van der Waals surface area (Å²) in [6.45, 7) is 2.70. The molecule has 1 N–H and O–H groups in total. The fourth-order valence-electron chi connectivity index (χ4n) is 2.11. The minimum Gasteiger partial charge on any atom is -0.481 e. The average Bonchev–Trinajstić information content (AvgIpc) is 2.94. The van der Waals surface area contributed by atoms with Gasteiger partial charge in [0.25, 0.3) is 0 Å². The molecule has 0 aliphatic carbocycles. The molecule has 1 aliphatic heterocycles. The van der Waals surface area contributed by atoms with Gasteiger partial charge in [0.15, 0.2) is 0 Å². The van der Waals surface area contributed by atoms with Crippen LogP contribution in [0.4, 0.5) is 0 Å². The number of nitrogens with zero attached hydrogens (tertiary/aromatic N) is 1. The van der Waals surface area contributed by atoms with Crippen LogP contribution in [-0.4, -0.2) is 35.0 Å². The predicted molar refractivity (Wildman–Crippen MR) is 70.2 cm³/mol. The maximum atomic E-state index is 11.9. The van der Waals surface area contributed by atoms with Crippen molar-refractivity contribution in [3.63, 3.8) is 0 Å². The first-order chi connectivity index (χ1) is 8.58. The van der Waals surface area contributed by atoms with Crippen molar-refractivity contribution in [1.82, 2.24) is 4.90 Å². The first-order valence-electron chi connectivity index (χ1n) is 5.81. The Morgan fingerprint density at radius 1 is 1.50 bits per heavy atom. The molecule has 0 saturated carbocycles. The van der Waals surface area contributed by atoms with Gasteiger partial charge < -0.3 is 10.0 Å². The second-order valence-corrected chi connectivity index (χ2v) is 5.49. The number of aliphatic carboxylic acids is 1. The van der Waals surface area contributed by atoms with Gasteiger partial charge in [0.1, 0.15) is 0 Å². The van der Waals surface area contributed by atoms with E-state index in [1.807, 2.05) is 24.4 Å². The van der Waals surface area contributed by atoms with E-state index in [1.165, 1.54) is 6.08 Å². The van der Waals surface area contributed by atoms with Crippen molar-refractivity contribution in [1.29, 1.82) is 0 Å². The third-order valence-electron chi connectivity index (χ3n) is 3.17. The number of carbonyl (C=O) groups is 2. The van der Waals surface area contributed by atoms with Crippen LogP contribution in [0.5, 0.6) is 0 Å². The molecule has 2 rings (SSSR count). The van der Waals surface area contributed by atoms with Gasteiger partial charge in [0.2, 0.25) is 5.91 Å². The molecule has 96 valence electrons. The summed E-state index contributed by atoms with van der Waals surface area (Å²) in [6, 6.07) is 3.86. The normalized spacial score (nSPS) is 23.7. The van der Waals surface area contributed by atoms with E-state index in [4.69, 9.17) is 5.11 Å². The Balaban J connectivity index is 1.97. The molecular formula is C13H15NO3S. The minimum atomic E-state index is -0.819. The van der Waals surface area contributed by atoms with E-state index in [1.54, 1.807) is 22.3 Å². The number of amides is 1. The van der Waals surface area contributed by atoms with Crippen molar-refractivity contribution in [2.75, 3.05) is 13.1 Å². The summed E-state index contributed by atoms with van der Waals surface area (Å²) in [4.78, 5) is 25.5. The van der Waals surface area contributed by atoms with Crippen molar-refractivity contribution >= 4 is 29.3 Å². The van der Waals surface area contributed by atoms with Crippen molar-refractivity contribution in [3.05, 3.63) is 28.5 Å². The maximum absolute atomic E-state index is 11.9. The van der Waals surface area contributed by atoms with Gasteiger partial charge in [-0.1, -0.05) is 13.0 Å². The fraction of sp³-hybridized carbons (Fsp3) is 0.385. The Hall–Kier alpha value is -1.62. The zero-order valence-corrected chi connectivity index (χ0v) is 10.9. The summed E-state index contributed by atoms with van der Waals surface area (Å²) in [5, 5.41) is 11.0. The van der Waals surface area contributed by atoms with Crippen LogP contribution in [0.15, 0.2) is 23.6 Å². The summed E-state index contributed by atoms with van der Waals surface area (Å²) in [5.41, 5.74) is 0. The van der Waals surface area contributed by atoms with E-state index in [-0.39, 0.29) is 11.8 Å². The van der Waals surface area contributed by atoms with E-state index in [0.29, 0.717) is 13.1 Å². The molecule has 0 spiro atoms. The highest BCUT2D eigenvalue weighted by Crippen LogP contribution is 2.23. The van der Waals surface area contributed by atoms with Crippen molar-refractivity contribution in [3.8, 4) is 0 Å². The van der Waals surface area contributed by atoms with Gasteiger partial charge in [0, 0.05) is 24.0 Å². The van der Waals surface area contributed by atoms with Gasteiger partial charge >= 0.3 is 5.97 Å². The largest absolute Gasteiger partial charge is 0.481 e. The molecule has 18 heavy (non-hydrogen) atoms. The minimum absolute atomic E-state index is 0.0154. The Morgan fingerprint density at radius 2 is 2.28 bits per heavy atom. The highest BCUT2D eigenvalue weighted by atomic mass is 32.1. The van der Waals surface area contributed by atoms with Crippen LogP contribution in [0.1, 0.15) is 11.8 Å². The number of rotatable bonds is 3. The van der Waals surface area contributed by atoms with Gasteiger partial charge in [-0.15, -0.1) is 11.3 Å². The SMILES string of the molecule is C[C@@H]1CN(C(=O)/C=C/c2cccs2)C[C@H]1C(=O)O.